The monoisotopic (exact) mass is 462 g/mol. The summed E-state index contributed by atoms with van der Waals surface area (Å²) in [5, 5.41) is 11.6. The van der Waals surface area contributed by atoms with Crippen molar-refractivity contribution in [2.75, 3.05) is 23.9 Å². The van der Waals surface area contributed by atoms with Crippen molar-refractivity contribution in [3.63, 3.8) is 0 Å². The fraction of sp³-hybridized carbons (Fsp3) is 0.273. The predicted molar refractivity (Wildman–Crippen MR) is 120 cm³/mol. The molecule has 0 aliphatic rings. The van der Waals surface area contributed by atoms with Gasteiger partial charge in [-0.2, -0.15) is 18.4 Å². The molecule has 1 N–H and O–H groups in total. The Morgan fingerprint density at radius 2 is 1.69 bits per heavy atom. The lowest BCUT2D eigenvalue weighted by molar-refractivity contribution is -0.137. The summed E-state index contributed by atoms with van der Waals surface area (Å²) in [6.07, 6.45) is -4.05. The maximum absolute atomic E-state index is 13.4. The smallest absolute Gasteiger partial charge is 0.355 e. The molecule has 6 nitrogen and oxygen atoms in total. The van der Waals surface area contributed by atoms with Crippen LogP contribution in [-0.2, 0) is 11.0 Å². The summed E-state index contributed by atoms with van der Waals surface area (Å²) in [4.78, 5) is 26.4. The average Bonchev–Trinajstić information content (AvgIpc) is 2.77. The van der Waals surface area contributed by atoms with E-state index in [1.54, 1.807) is 38.1 Å². The highest BCUT2D eigenvalue weighted by Gasteiger charge is 2.36. The minimum atomic E-state index is -4.72. The largest absolute Gasteiger partial charge is 0.417 e. The van der Waals surface area contributed by atoms with Crippen LogP contribution < -0.4 is 15.1 Å². The van der Waals surface area contributed by atoms with Crippen LogP contribution in [-0.4, -0.2) is 36.9 Å². The zero-order valence-electron chi connectivity index (χ0n) is 17.8. The van der Waals surface area contributed by atoms with Crippen molar-refractivity contribution in [1.29, 1.82) is 5.26 Å². The molecule has 0 radical (unpaired) electrons. The quantitative estimate of drug-likeness (QED) is 0.532. The average molecular weight is 462 g/mol. The zero-order valence-corrected chi connectivity index (χ0v) is 18.6. The molecule has 0 heterocycles. The van der Waals surface area contributed by atoms with Crippen LogP contribution in [0.25, 0.3) is 0 Å². The highest BCUT2D eigenvalue weighted by Crippen LogP contribution is 2.35. The number of amides is 1. The van der Waals surface area contributed by atoms with Crippen molar-refractivity contribution in [1.82, 2.24) is 5.32 Å². The molecule has 0 fully saturated rings. The van der Waals surface area contributed by atoms with Crippen LogP contribution in [0.5, 0.6) is 0 Å². The molecular weight excluding hydrogens is 441 g/mol. The van der Waals surface area contributed by atoms with Crippen LogP contribution in [0.15, 0.2) is 42.5 Å². The summed E-state index contributed by atoms with van der Waals surface area (Å²) in [7, 11) is 2.96. The molecule has 0 saturated carbocycles. The number of thiocarbonyl (C=S) groups is 1. The predicted octanol–water partition coefficient (Wildman–Crippen LogP) is 4.14. The Balaban J connectivity index is 2.53. The maximum Gasteiger partial charge on any atom is 0.417 e. The molecule has 0 bridgehead atoms. The summed E-state index contributed by atoms with van der Waals surface area (Å²) in [5.74, 6) is -0.297. The molecule has 0 aliphatic heterocycles. The first-order valence-electron chi connectivity index (χ1n) is 9.35. The van der Waals surface area contributed by atoms with Crippen molar-refractivity contribution in [3.8, 4) is 6.07 Å². The summed E-state index contributed by atoms with van der Waals surface area (Å²) < 4.78 is 40.2. The lowest BCUT2D eigenvalue weighted by Gasteiger charge is -2.39. The van der Waals surface area contributed by atoms with Crippen molar-refractivity contribution in [3.05, 3.63) is 59.2 Å². The second-order valence-electron chi connectivity index (χ2n) is 7.41. The topological polar surface area (TPSA) is 76.4 Å². The second kappa shape index (κ2) is 9.36. The third-order valence-electron chi connectivity index (χ3n) is 4.77. The zero-order chi connectivity index (χ0) is 24.3. The van der Waals surface area contributed by atoms with Gasteiger partial charge in [0.1, 0.15) is 6.29 Å². The summed E-state index contributed by atoms with van der Waals surface area (Å²) in [6.45, 7) is 3.21. The van der Waals surface area contributed by atoms with Crippen LogP contribution in [0.1, 0.15) is 35.3 Å². The Morgan fingerprint density at radius 1 is 1.12 bits per heavy atom. The van der Waals surface area contributed by atoms with Gasteiger partial charge in [-0.15, -0.1) is 0 Å². The Hall–Kier alpha value is -3.45. The molecule has 32 heavy (non-hydrogen) atoms. The molecule has 10 heteroatoms. The van der Waals surface area contributed by atoms with Gasteiger partial charge in [0, 0.05) is 31.0 Å². The molecular formula is C22H21F3N4O2S. The number of rotatable bonds is 5. The molecule has 0 aromatic heterocycles. The molecule has 2 aromatic carbocycles. The van der Waals surface area contributed by atoms with E-state index >= 15 is 0 Å². The number of carbonyl (C=O) groups is 2. The number of hydrogen-bond acceptors (Lipinski definition) is 4. The minimum absolute atomic E-state index is 0.0487. The first-order valence-corrected chi connectivity index (χ1v) is 9.76. The third kappa shape index (κ3) is 5.06. The van der Waals surface area contributed by atoms with Crippen LogP contribution in [0.4, 0.5) is 24.5 Å². The molecule has 0 aliphatic carbocycles. The number of carbonyl (C=O) groups excluding carboxylic acids is 2. The molecule has 2 rings (SSSR count). The van der Waals surface area contributed by atoms with E-state index in [9.17, 15) is 22.8 Å². The Morgan fingerprint density at radius 3 is 2.16 bits per heavy atom. The van der Waals surface area contributed by atoms with Gasteiger partial charge in [-0.1, -0.05) is 0 Å². The number of nitrogens with one attached hydrogen (secondary N) is 1. The Kier molecular flexibility index (Phi) is 7.26. The van der Waals surface area contributed by atoms with E-state index in [4.69, 9.17) is 17.5 Å². The van der Waals surface area contributed by atoms with Crippen molar-refractivity contribution >= 4 is 40.9 Å². The summed E-state index contributed by atoms with van der Waals surface area (Å²) >= 11 is 5.55. The number of halogens is 3. The van der Waals surface area contributed by atoms with E-state index in [2.05, 4.69) is 5.32 Å². The lowest BCUT2D eigenvalue weighted by atomic mass is 10.0. The lowest BCUT2D eigenvalue weighted by Crippen LogP contribution is -2.54. The van der Waals surface area contributed by atoms with Gasteiger partial charge < -0.3 is 19.9 Å². The minimum Gasteiger partial charge on any atom is -0.355 e. The van der Waals surface area contributed by atoms with Gasteiger partial charge in [0.25, 0.3) is 5.91 Å². The van der Waals surface area contributed by atoms with Crippen LogP contribution >= 0.6 is 12.2 Å². The summed E-state index contributed by atoms with van der Waals surface area (Å²) in [5.41, 5.74) is -1.79. The van der Waals surface area contributed by atoms with E-state index < -0.39 is 22.8 Å². The normalized spacial score (nSPS) is 11.3. The van der Waals surface area contributed by atoms with Crippen molar-refractivity contribution in [2.24, 2.45) is 0 Å². The first-order chi connectivity index (χ1) is 14.9. The van der Waals surface area contributed by atoms with E-state index in [1.807, 2.05) is 0 Å². The molecule has 0 spiro atoms. The van der Waals surface area contributed by atoms with E-state index in [0.29, 0.717) is 17.5 Å². The fourth-order valence-electron chi connectivity index (χ4n) is 2.98. The van der Waals surface area contributed by atoms with Gasteiger partial charge in [-0.05, 0) is 68.5 Å². The highest BCUT2D eigenvalue weighted by molar-refractivity contribution is 7.80. The number of alkyl halides is 3. The molecule has 0 atom stereocenters. The maximum atomic E-state index is 13.4. The number of anilines is 2. The van der Waals surface area contributed by atoms with Crippen LogP contribution in [0.3, 0.4) is 0 Å². The third-order valence-corrected chi connectivity index (χ3v) is 5.23. The van der Waals surface area contributed by atoms with Gasteiger partial charge in [0.05, 0.1) is 22.7 Å². The molecule has 168 valence electrons. The van der Waals surface area contributed by atoms with E-state index in [-0.39, 0.29) is 16.7 Å². The summed E-state index contributed by atoms with van der Waals surface area (Å²) in [6, 6.07) is 11.1. The first kappa shape index (κ1) is 24.8. The Bertz CT molecular complexity index is 1080. The number of nitrogens with zero attached hydrogens (tertiary/aromatic N) is 3. The molecule has 0 saturated heterocycles. The van der Waals surface area contributed by atoms with Crippen LogP contribution in [0.2, 0.25) is 0 Å². The van der Waals surface area contributed by atoms with Crippen LogP contribution in [0, 0.1) is 11.3 Å². The molecule has 1 amide bonds. The molecule has 0 unspecified atom stereocenters. The SMILES string of the molecule is CNC(=O)c1ccc(N(C(=S)N(C)c2ccc(C#N)c(C(F)(F)F)c2)C(C)(C)C=O)cc1. The standard InChI is InChI=1S/C22H21F3N4O2S/c1-21(2,13-30)29(16-8-5-14(6-9-16)19(31)27-3)20(32)28(4)17-10-7-15(12-26)18(11-17)22(23,24)25/h5-11,13H,1-4H3,(H,27,31). The second-order valence-corrected chi connectivity index (χ2v) is 7.78. The van der Waals surface area contributed by atoms with Gasteiger partial charge in [0.15, 0.2) is 5.11 Å². The van der Waals surface area contributed by atoms with Crippen molar-refractivity contribution in [2.45, 2.75) is 25.6 Å². The van der Waals surface area contributed by atoms with E-state index in [0.717, 1.165) is 12.1 Å². The van der Waals surface area contributed by atoms with E-state index in [1.165, 1.54) is 36.0 Å². The van der Waals surface area contributed by atoms with Gasteiger partial charge in [-0.3, -0.25) is 4.79 Å². The molecule has 2 aromatic rings. The number of benzene rings is 2. The van der Waals surface area contributed by atoms with Gasteiger partial charge in [-0.25, -0.2) is 0 Å². The number of nitriles is 1. The Labute approximate surface area is 189 Å². The highest BCUT2D eigenvalue weighted by atomic mass is 32.1. The van der Waals surface area contributed by atoms with Gasteiger partial charge in [0.2, 0.25) is 0 Å². The number of hydrogen-bond donors (Lipinski definition) is 1. The fourth-order valence-corrected chi connectivity index (χ4v) is 3.43. The van der Waals surface area contributed by atoms with Gasteiger partial charge >= 0.3 is 6.18 Å². The number of aldehydes is 1. The van der Waals surface area contributed by atoms with Crippen molar-refractivity contribution < 1.29 is 22.8 Å².